The number of anilines is 1. The van der Waals surface area contributed by atoms with Gasteiger partial charge in [-0.25, -0.2) is 0 Å². The van der Waals surface area contributed by atoms with E-state index in [4.69, 9.17) is 5.73 Å². The first-order chi connectivity index (χ1) is 14.1. The van der Waals surface area contributed by atoms with Crippen molar-refractivity contribution in [2.24, 2.45) is 11.1 Å². The number of carbonyl (C=O) groups excluding carboxylic acids is 1. The van der Waals surface area contributed by atoms with E-state index in [1.165, 1.54) is 0 Å². The van der Waals surface area contributed by atoms with E-state index in [9.17, 15) is 15.0 Å². The number of ketones is 1. The number of aromatic nitrogens is 1. The van der Waals surface area contributed by atoms with Crippen LogP contribution in [0, 0.1) is 12.3 Å². The van der Waals surface area contributed by atoms with E-state index in [1.54, 1.807) is 0 Å². The molecule has 162 valence electrons. The summed E-state index contributed by atoms with van der Waals surface area (Å²) in [5.41, 5.74) is 11.1. The van der Waals surface area contributed by atoms with Gasteiger partial charge in [0.05, 0.1) is 6.10 Å². The Kier molecular flexibility index (Phi) is 5.51. The Hall–Kier alpha value is -2.15. The molecule has 1 aromatic carbocycles. The van der Waals surface area contributed by atoms with Gasteiger partial charge in [-0.2, -0.15) is 0 Å². The molecule has 0 amide bonds. The summed E-state index contributed by atoms with van der Waals surface area (Å²) < 4.78 is 2.12. The van der Waals surface area contributed by atoms with Crippen LogP contribution in [0.25, 0.3) is 5.69 Å². The Morgan fingerprint density at radius 2 is 1.90 bits per heavy atom. The fourth-order valence-electron chi connectivity index (χ4n) is 5.02. The summed E-state index contributed by atoms with van der Waals surface area (Å²) in [6, 6.07) is 6.06. The van der Waals surface area contributed by atoms with Crippen LogP contribution in [-0.2, 0) is 6.42 Å². The first-order valence-electron chi connectivity index (χ1n) is 10.9. The Balaban J connectivity index is 1.72. The van der Waals surface area contributed by atoms with Gasteiger partial charge in [-0.3, -0.25) is 4.79 Å². The zero-order chi connectivity index (χ0) is 21.6. The van der Waals surface area contributed by atoms with E-state index < -0.39 is 6.23 Å². The normalized spacial score (nSPS) is 24.4. The summed E-state index contributed by atoms with van der Waals surface area (Å²) in [5, 5.41) is 23.4. The predicted octanol–water partition coefficient (Wildman–Crippen LogP) is 3.61. The van der Waals surface area contributed by atoms with Crippen molar-refractivity contribution in [1.82, 2.24) is 4.57 Å². The van der Waals surface area contributed by atoms with Crippen LogP contribution in [0.15, 0.2) is 24.4 Å². The number of aliphatic hydroxyl groups excluding tert-OH is 2. The zero-order valence-electron chi connectivity index (χ0n) is 18.1. The molecule has 4 rings (SSSR count). The third kappa shape index (κ3) is 4.04. The molecule has 30 heavy (non-hydrogen) atoms. The predicted molar refractivity (Wildman–Crippen MR) is 118 cm³/mol. The van der Waals surface area contributed by atoms with Crippen molar-refractivity contribution in [3.63, 3.8) is 0 Å². The summed E-state index contributed by atoms with van der Waals surface area (Å²) in [6.45, 7) is 6.27. The number of aryl methyl sites for hydroxylation is 1. The van der Waals surface area contributed by atoms with Crippen molar-refractivity contribution >= 4 is 11.5 Å². The lowest BCUT2D eigenvalue weighted by Gasteiger charge is -2.30. The highest BCUT2D eigenvalue weighted by Gasteiger charge is 2.35. The maximum atomic E-state index is 12.8. The molecule has 6 nitrogen and oxygen atoms in total. The number of nitrogens with two attached hydrogens (primary N) is 1. The molecule has 0 spiro atoms. The van der Waals surface area contributed by atoms with Gasteiger partial charge in [0, 0.05) is 46.9 Å². The van der Waals surface area contributed by atoms with Crippen molar-refractivity contribution in [3.05, 3.63) is 46.8 Å². The molecule has 2 aliphatic rings. The van der Waals surface area contributed by atoms with Crippen molar-refractivity contribution in [1.29, 1.82) is 0 Å². The van der Waals surface area contributed by atoms with Gasteiger partial charge >= 0.3 is 0 Å². The maximum absolute atomic E-state index is 12.8. The number of Topliss-reactive ketones (excluding diaryl/α,β-unsaturated/α-hetero) is 1. The van der Waals surface area contributed by atoms with Crippen LogP contribution >= 0.6 is 0 Å². The number of benzene rings is 1. The highest BCUT2D eigenvalue weighted by molar-refractivity contribution is 6.00. The topological polar surface area (TPSA) is 101 Å². The molecule has 0 aliphatic heterocycles. The van der Waals surface area contributed by atoms with E-state index in [0.29, 0.717) is 12.0 Å². The molecule has 1 atom stereocenters. The number of hydrogen-bond donors (Lipinski definition) is 4. The molecule has 0 saturated heterocycles. The number of fused-ring (bicyclic) bond motifs is 1. The molecule has 0 bridgehead atoms. The van der Waals surface area contributed by atoms with Gasteiger partial charge in [0.25, 0.3) is 0 Å². The first-order valence-corrected chi connectivity index (χ1v) is 10.9. The summed E-state index contributed by atoms with van der Waals surface area (Å²) in [7, 11) is 0. The molecule has 6 heteroatoms. The molecule has 1 heterocycles. The van der Waals surface area contributed by atoms with Gasteiger partial charge in [0.15, 0.2) is 5.78 Å². The third-order valence-corrected chi connectivity index (χ3v) is 6.55. The molecule has 0 radical (unpaired) electrons. The van der Waals surface area contributed by atoms with E-state index in [0.717, 1.165) is 60.3 Å². The minimum Gasteiger partial charge on any atom is -0.393 e. The van der Waals surface area contributed by atoms with Crippen LogP contribution in [0.2, 0.25) is 0 Å². The summed E-state index contributed by atoms with van der Waals surface area (Å²) in [5.74, 6) is 0.214. The molecule has 1 aromatic heterocycles. The number of rotatable bonds is 4. The minimum absolute atomic E-state index is 0.0654. The molecule has 1 fully saturated rings. The van der Waals surface area contributed by atoms with Crippen LogP contribution in [0.1, 0.15) is 79.4 Å². The second-order valence-corrected chi connectivity index (χ2v) is 9.81. The van der Waals surface area contributed by atoms with Crippen LogP contribution in [0.3, 0.4) is 0 Å². The highest BCUT2D eigenvalue weighted by atomic mass is 16.3. The first kappa shape index (κ1) is 21.1. The highest BCUT2D eigenvalue weighted by Crippen LogP contribution is 2.38. The van der Waals surface area contributed by atoms with E-state index in [-0.39, 0.29) is 23.3 Å². The number of hydrogen-bond acceptors (Lipinski definition) is 5. The monoisotopic (exact) mass is 411 g/mol. The lowest BCUT2D eigenvalue weighted by Crippen LogP contribution is -2.29. The number of nitrogens with one attached hydrogen (secondary N) is 1. The number of nitrogens with zero attached hydrogens (tertiary/aromatic N) is 1. The Labute approximate surface area is 178 Å². The summed E-state index contributed by atoms with van der Waals surface area (Å²) >= 11 is 0. The average molecular weight is 412 g/mol. The standard InChI is InChI=1S/C24H33N3O3/c1-14-13-27(20-11-24(2,3)12-21(29)22(14)20)16-6-9-18(23(25)30)19(10-16)26-15-4-7-17(28)8-5-15/h6,9-10,13,15,17,23,26,28,30H,4-5,7-8,11-12,25H2,1-3H3. The van der Waals surface area contributed by atoms with Crippen LogP contribution in [0.4, 0.5) is 5.69 Å². The van der Waals surface area contributed by atoms with Gasteiger partial charge < -0.3 is 25.8 Å². The number of carbonyl (C=O) groups is 1. The average Bonchev–Trinajstić information content (AvgIpc) is 2.98. The van der Waals surface area contributed by atoms with Gasteiger partial charge in [0.2, 0.25) is 0 Å². The quantitative estimate of drug-likeness (QED) is 0.576. The second-order valence-electron chi connectivity index (χ2n) is 9.81. The van der Waals surface area contributed by atoms with Crippen molar-refractivity contribution < 1.29 is 15.0 Å². The zero-order valence-corrected chi connectivity index (χ0v) is 18.1. The van der Waals surface area contributed by atoms with Gasteiger partial charge in [0.1, 0.15) is 6.23 Å². The third-order valence-electron chi connectivity index (χ3n) is 6.55. The fraction of sp³-hybridized carbons (Fsp3) is 0.542. The number of aliphatic hydroxyl groups is 2. The second kappa shape index (κ2) is 7.84. The van der Waals surface area contributed by atoms with Crippen LogP contribution < -0.4 is 11.1 Å². The Morgan fingerprint density at radius 3 is 2.57 bits per heavy atom. The Bertz CT molecular complexity index is 953. The minimum atomic E-state index is -1.07. The molecule has 2 aliphatic carbocycles. The van der Waals surface area contributed by atoms with Gasteiger partial charge in [-0.1, -0.05) is 19.9 Å². The van der Waals surface area contributed by atoms with Crippen molar-refractivity contribution in [3.8, 4) is 5.69 Å². The van der Waals surface area contributed by atoms with Gasteiger partial charge in [-0.15, -0.1) is 0 Å². The summed E-state index contributed by atoms with van der Waals surface area (Å²) in [4.78, 5) is 12.8. The Morgan fingerprint density at radius 1 is 1.20 bits per heavy atom. The largest absolute Gasteiger partial charge is 0.393 e. The fourth-order valence-corrected chi connectivity index (χ4v) is 5.02. The molecule has 1 saturated carbocycles. The van der Waals surface area contributed by atoms with E-state index >= 15 is 0 Å². The molecular weight excluding hydrogens is 378 g/mol. The van der Waals surface area contributed by atoms with Crippen LogP contribution in [0.5, 0.6) is 0 Å². The van der Waals surface area contributed by atoms with E-state index in [1.807, 2.05) is 31.3 Å². The lowest BCUT2D eigenvalue weighted by atomic mass is 9.75. The van der Waals surface area contributed by atoms with Gasteiger partial charge in [-0.05, 0) is 62.1 Å². The molecule has 2 aromatic rings. The molecular formula is C24H33N3O3. The van der Waals surface area contributed by atoms with Crippen molar-refractivity contribution in [2.75, 3.05) is 5.32 Å². The maximum Gasteiger partial charge on any atom is 0.165 e. The SMILES string of the molecule is Cc1cn(-c2ccc(C(N)O)c(NC3CCC(O)CC3)c2)c2c1C(=O)CC(C)(C)C2. The van der Waals surface area contributed by atoms with E-state index in [2.05, 4.69) is 23.7 Å². The summed E-state index contributed by atoms with van der Waals surface area (Å²) in [6.07, 6.45) is 5.48. The van der Waals surface area contributed by atoms with Crippen molar-refractivity contribution in [2.45, 2.75) is 77.7 Å². The smallest absolute Gasteiger partial charge is 0.165 e. The molecule has 1 unspecified atom stereocenters. The van der Waals surface area contributed by atoms with Crippen LogP contribution in [-0.4, -0.2) is 32.7 Å². The molecule has 5 N–H and O–H groups in total. The lowest BCUT2D eigenvalue weighted by molar-refractivity contribution is 0.0910.